The maximum absolute atomic E-state index is 13.1. The predicted octanol–water partition coefficient (Wildman–Crippen LogP) is 2.75. The summed E-state index contributed by atoms with van der Waals surface area (Å²) in [6, 6.07) is 5.51. The van der Waals surface area contributed by atoms with E-state index in [-0.39, 0.29) is 24.1 Å². The normalized spacial score (nSPS) is 20.8. The number of thiazole rings is 1. The average Bonchev–Trinajstić information content (AvgIpc) is 3.05. The number of carbonyl (C=O) groups is 2. The van der Waals surface area contributed by atoms with Gasteiger partial charge in [0, 0.05) is 24.5 Å². The second-order valence-corrected chi connectivity index (χ2v) is 6.81. The van der Waals surface area contributed by atoms with Gasteiger partial charge in [-0.3, -0.25) is 9.59 Å². The number of anilines is 1. The number of aromatic nitrogens is 1. The molecule has 1 aromatic carbocycles. The summed E-state index contributed by atoms with van der Waals surface area (Å²) in [5.74, 6) is -1.22. The smallest absolute Gasteiger partial charge is 0.232 e. The molecule has 1 aliphatic rings. The monoisotopic (exact) mass is 333 g/mol. The highest BCUT2D eigenvalue weighted by Crippen LogP contribution is 2.37. The summed E-state index contributed by atoms with van der Waals surface area (Å²) in [5, 5.41) is 3.29. The number of amides is 2. The zero-order valence-electron chi connectivity index (χ0n) is 12.7. The maximum atomic E-state index is 13.1. The second kappa shape index (κ2) is 6.08. The number of aryl methyl sites for hydroxylation is 1. The second-order valence-electron chi connectivity index (χ2n) is 5.58. The maximum Gasteiger partial charge on any atom is 0.232 e. The van der Waals surface area contributed by atoms with Crippen molar-refractivity contribution < 1.29 is 14.0 Å². The molecule has 2 heterocycles. The number of benzene rings is 1. The van der Waals surface area contributed by atoms with Gasteiger partial charge in [0.2, 0.25) is 11.8 Å². The Kier molecular flexibility index (Phi) is 4.12. The summed E-state index contributed by atoms with van der Waals surface area (Å²) in [4.78, 5) is 31.3. The van der Waals surface area contributed by atoms with Crippen molar-refractivity contribution in [1.82, 2.24) is 9.88 Å². The summed E-state index contributed by atoms with van der Waals surface area (Å²) in [5.41, 5.74) is 0.746. The van der Waals surface area contributed by atoms with Crippen molar-refractivity contribution in [1.29, 1.82) is 0 Å². The van der Waals surface area contributed by atoms with Crippen LogP contribution in [0.1, 0.15) is 22.9 Å². The van der Waals surface area contributed by atoms with E-state index in [2.05, 4.69) is 10.3 Å². The number of nitrogens with one attached hydrogen (secondary N) is 1. The van der Waals surface area contributed by atoms with Crippen LogP contribution in [0.4, 0.5) is 9.52 Å². The Labute approximate surface area is 137 Å². The fraction of sp³-hybridized carbons (Fsp3) is 0.312. The van der Waals surface area contributed by atoms with Crippen LogP contribution in [-0.2, 0) is 9.59 Å². The molecule has 0 bridgehead atoms. The molecule has 0 spiro atoms. The van der Waals surface area contributed by atoms with Crippen LogP contribution in [0.15, 0.2) is 30.5 Å². The van der Waals surface area contributed by atoms with Gasteiger partial charge in [-0.1, -0.05) is 12.1 Å². The van der Waals surface area contributed by atoms with E-state index in [1.807, 2.05) is 6.92 Å². The van der Waals surface area contributed by atoms with E-state index in [0.29, 0.717) is 5.13 Å². The quantitative estimate of drug-likeness (QED) is 0.939. The largest absolute Gasteiger partial charge is 0.338 e. The van der Waals surface area contributed by atoms with Crippen molar-refractivity contribution in [3.63, 3.8) is 0 Å². The van der Waals surface area contributed by atoms with Gasteiger partial charge in [0.25, 0.3) is 0 Å². The molecule has 0 radical (unpaired) electrons. The van der Waals surface area contributed by atoms with Crippen LogP contribution in [0.5, 0.6) is 0 Å². The predicted molar refractivity (Wildman–Crippen MR) is 85.5 cm³/mol. The summed E-state index contributed by atoms with van der Waals surface area (Å²) < 4.78 is 13.1. The zero-order chi connectivity index (χ0) is 16.6. The summed E-state index contributed by atoms with van der Waals surface area (Å²) >= 11 is 1.38. The number of carbonyl (C=O) groups excluding carboxylic acids is 2. The molecule has 2 amide bonds. The first-order chi connectivity index (χ1) is 11.0. The third-order valence-corrected chi connectivity index (χ3v) is 4.81. The first-order valence-electron chi connectivity index (χ1n) is 7.20. The third kappa shape index (κ3) is 3.10. The van der Waals surface area contributed by atoms with E-state index in [4.69, 9.17) is 0 Å². The van der Waals surface area contributed by atoms with Crippen molar-refractivity contribution in [3.8, 4) is 0 Å². The molecule has 120 valence electrons. The molecule has 0 saturated carbocycles. The van der Waals surface area contributed by atoms with Crippen LogP contribution < -0.4 is 5.32 Å². The van der Waals surface area contributed by atoms with E-state index in [9.17, 15) is 14.0 Å². The van der Waals surface area contributed by atoms with Crippen LogP contribution in [0.2, 0.25) is 0 Å². The van der Waals surface area contributed by atoms with Gasteiger partial charge in [0.1, 0.15) is 5.82 Å². The standard InChI is InChI=1S/C16H16FN3O2S/c1-9-8-18-16(23-9)19-15(22)12-7-13(21)20(2)14(12)10-3-5-11(17)6-4-10/h3-6,8,12,14H,7H2,1-2H3,(H,18,19,22)/t12-,14-/m0/s1. The number of hydrogen-bond acceptors (Lipinski definition) is 4. The molecule has 1 N–H and O–H groups in total. The van der Waals surface area contributed by atoms with E-state index >= 15 is 0 Å². The van der Waals surface area contributed by atoms with Crippen LogP contribution in [0, 0.1) is 18.7 Å². The lowest BCUT2D eigenvalue weighted by atomic mass is 9.93. The van der Waals surface area contributed by atoms with E-state index < -0.39 is 12.0 Å². The highest BCUT2D eigenvalue weighted by molar-refractivity contribution is 7.15. The Morgan fingerprint density at radius 1 is 1.39 bits per heavy atom. The van der Waals surface area contributed by atoms with Gasteiger partial charge in [0.15, 0.2) is 5.13 Å². The van der Waals surface area contributed by atoms with Gasteiger partial charge < -0.3 is 10.2 Å². The lowest BCUT2D eigenvalue weighted by Crippen LogP contribution is -2.30. The summed E-state index contributed by atoms with van der Waals surface area (Å²) in [7, 11) is 1.66. The minimum atomic E-state index is -0.526. The minimum absolute atomic E-state index is 0.102. The molecule has 1 fully saturated rings. The summed E-state index contributed by atoms with van der Waals surface area (Å²) in [6.07, 6.45) is 1.82. The van der Waals surface area contributed by atoms with Crippen molar-refractivity contribution in [3.05, 3.63) is 46.7 Å². The molecule has 0 aliphatic carbocycles. The van der Waals surface area contributed by atoms with E-state index in [1.54, 1.807) is 30.3 Å². The lowest BCUT2D eigenvalue weighted by Gasteiger charge is -2.24. The van der Waals surface area contributed by atoms with Gasteiger partial charge in [-0.05, 0) is 24.6 Å². The van der Waals surface area contributed by atoms with Gasteiger partial charge in [-0.15, -0.1) is 11.3 Å². The van der Waals surface area contributed by atoms with Crippen LogP contribution in [0.25, 0.3) is 0 Å². The van der Waals surface area contributed by atoms with Gasteiger partial charge >= 0.3 is 0 Å². The minimum Gasteiger partial charge on any atom is -0.338 e. The van der Waals surface area contributed by atoms with Crippen molar-refractivity contribution in [2.24, 2.45) is 5.92 Å². The number of rotatable bonds is 3. The van der Waals surface area contributed by atoms with E-state index in [1.165, 1.54) is 23.5 Å². The van der Waals surface area contributed by atoms with Crippen LogP contribution >= 0.6 is 11.3 Å². The van der Waals surface area contributed by atoms with Gasteiger partial charge in [-0.25, -0.2) is 9.37 Å². The van der Waals surface area contributed by atoms with Crippen LogP contribution in [0.3, 0.4) is 0 Å². The van der Waals surface area contributed by atoms with Crippen LogP contribution in [-0.4, -0.2) is 28.7 Å². The molecule has 23 heavy (non-hydrogen) atoms. The van der Waals surface area contributed by atoms with Crippen molar-refractivity contribution in [2.75, 3.05) is 12.4 Å². The first kappa shape index (κ1) is 15.6. The molecule has 7 heteroatoms. The van der Waals surface area contributed by atoms with Gasteiger partial charge in [-0.2, -0.15) is 0 Å². The highest BCUT2D eigenvalue weighted by atomic mass is 32.1. The van der Waals surface area contributed by atoms with E-state index in [0.717, 1.165) is 10.4 Å². The summed E-state index contributed by atoms with van der Waals surface area (Å²) in [6.45, 7) is 1.90. The molecule has 1 aromatic heterocycles. The number of nitrogens with zero attached hydrogens (tertiary/aromatic N) is 2. The molecule has 5 nitrogen and oxygen atoms in total. The number of halogens is 1. The molecular weight excluding hydrogens is 317 g/mol. The molecule has 3 rings (SSSR count). The molecular formula is C16H16FN3O2S. The number of hydrogen-bond donors (Lipinski definition) is 1. The Morgan fingerprint density at radius 3 is 2.70 bits per heavy atom. The zero-order valence-corrected chi connectivity index (χ0v) is 13.6. The molecule has 2 aromatic rings. The topological polar surface area (TPSA) is 62.3 Å². The fourth-order valence-corrected chi connectivity index (χ4v) is 3.50. The third-order valence-electron chi connectivity index (χ3n) is 3.99. The Morgan fingerprint density at radius 2 is 2.09 bits per heavy atom. The number of likely N-dealkylation sites (tertiary alicyclic amines) is 1. The fourth-order valence-electron chi connectivity index (χ4n) is 2.83. The molecule has 2 atom stereocenters. The average molecular weight is 333 g/mol. The Hall–Kier alpha value is -2.28. The van der Waals surface area contributed by atoms with Crippen molar-refractivity contribution >= 4 is 28.3 Å². The van der Waals surface area contributed by atoms with Crippen molar-refractivity contribution in [2.45, 2.75) is 19.4 Å². The highest BCUT2D eigenvalue weighted by Gasteiger charge is 2.42. The molecule has 1 saturated heterocycles. The lowest BCUT2D eigenvalue weighted by molar-refractivity contribution is -0.127. The Balaban J connectivity index is 1.85. The molecule has 0 unspecified atom stereocenters. The SMILES string of the molecule is Cc1cnc(NC(=O)[C@H]2CC(=O)N(C)[C@H]2c2ccc(F)cc2)s1. The molecule has 1 aliphatic heterocycles. The first-order valence-corrected chi connectivity index (χ1v) is 8.02. The van der Waals surface area contributed by atoms with Gasteiger partial charge in [0.05, 0.1) is 12.0 Å². The Bertz CT molecular complexity index is 744.